The van der Waals surface area contributed by atoms with Crippen LogP contribution in [0.4, 0.5) is 5.69 Å². The Morgan fingerprint density at radius 2 is 2.05 bits per heavy atom. The number of carbonyl (C=O) groups excluding carboxylic acids is 1. The Morgan fingerprint density at radius 3 is 2.63 bits per heavy atom. The lowest BCUT2D eigenvalue weighted by molar-refractivity contribution is -0.118. The van der Waals surface area contributed by atoms with E-state index in [4.69, 9.17) is 18.0 Å². The summed E-state index contributed by atoms with van der Waals surface area (Å²) in [5.41, 5.74) is 7.16. The first-order valence-corrected chi connectivity index (χ1v) is 7.68. The molecule has 0 radical (unpaired) electrons. The molecule has 1 aromatic carbocycles. The third-order valence-electron chi connectivity index (χ3n) is 4.22. The van der Waals surface area contributed by atoms with E-state index in [1.54, 1.807) is 0 Å². The van der Waals surface area contributed by atoms with Crippen molar-refractivity contribution < 1.29 is 4.79 Å². The van der Waals surface area contributed by atoms with Crippen molar-refractivity contribution in [1.29, 1.82) is 0 Å². The van der Waals surface area contributed by atoms with Crippen molar-refractivity contribution >= 4 is 44.7 Å². The number of benzene rings is 1. The summed E-state index contributed by atoms with van der Waals surface area (Å²) in [5.74, 6) is 1.65. The van der Waals surface area contributed by atoms with E-state index < -0.39 is 0 Å². The van der Waals surface area contributed by atoms with E-state index in [0.717, 1.165) is 15.7 Å². The maximum absolute atomic E-state index is 12.2. The SMILES string of the molecule is NC(=S)c1ccc(NC(=O)C2C3CCCC32)c(Br)c1. The van der Waals surface area contributed by atoms with Crippen LogP contribution >= 0.6 is 28.1 Å². The number of carbonyl (C=O) groups is 1. The molecule has 2 atom stereocenters. The smallest absolute Gasteiger partial charge is 0.228 e. The maximum Gasteiger partial charge on any atom is 0.228 e. The standard InChI is InChI=1S/C14H15BrN2OS/c15-10-6-7(13(16)19)4-5-11(10)17-14(18)12-8-2-1-3-9(8)12/h4-6,8-9,12H,1-3H2,(H2,16,19)(H,17,18). The predicted molar refractivity (Wildman–Crippen MR) is 83.0 cm³/mol. The van der Waals surface area contributed by atoms with Gasteiger partial charge in [-0.3, -0.25) is 4.79 Å². The van der Waals surface area contributed by atoms with Gasteiger partial charge in [-0.25, -0.2) is 0 Å². The average molecular weight is 339 g/mol. The van der Waals surface area contributed by atoms with E-state index >= 15 is 0 Å². The van der Waals surface area contributed by atoms with Gasteiger partial charge in [0.15, 0.2) is 0 Å². The van der Waals surface area contributed by atoms with Crippen molar-refractivity contribution in [2.75, 3.05) is 5.32 Å². The number of hydrogen-bond acceptors (Lipinski definition) is 2. The monoisotopic (exact) mass is 338 g/mol. The van der Waals surface area contributed by atoms with Crippen molar-refractivity contribution in [2.45, 2.75) is 19.3 Å². The van der Waals surface area contributed by atoms with E-state index in [1.807, 2.05) is 18.2 Å². The number of rotatable bonds is 3. The quantitative estimate of drug-likeness (QED) is 0.832. The van der Waals surface area contributed by atoms with Gasteiger partial charge in [0.1, 0.15) is 4.99 Å². The summed E-state index contributed by atoms with van der Waals surface area (Å²) in [7, 11) is 0. The molecule has 1 aromatic rings. The minimum atomic E-state index is 0.151. The van der Waals surface area contributed by atoms with Crippen LogP contribution in [-0.4, -0.2) is 10.9 Å². The summed E-state index contributed by atoms with van der Waals surface area (Å²) in [4.78, 5) is 12.5. The van der Waals surface area contributed by atoms with Crippen LogP contribution < -0.4 is 11.1 Å². The van der Waals surface area contributed by atoms with Crippen molar-refractivity contribution in [2.24, 2.45) is 23.5 Å². The van der Waals surface area contributed by atoms with Gasteiger partial charge >= 0.3 is 0 Å². The van der Waals surface area contributed by atoms with Crippen LogP contribution in [0.1, 0.15) is 24.8 Å². The second kappa shape index (κ2) is 4.87. The Balaban J connectivity index is 1.70. The molecule has 0 bridgehead atoms. The highest BCUT2D eigenvalue weighted by Gasteiger charge is 2.56. The third kappa shape index (κ3) is 2.41. The number of hydrogen-bond donors (Lipinski definition) is 2. The minimum Gasteiger partial charge on any atom is -0.389 e. The lowest BCUT2D eigenvalue weighted by Gasteiger charge is -2.09. The Bertz CT molecular complexity index is 550. The number of nitrogens with one attached hydrogen (secondary N) is 1. The zero-order valence-electron chi connectivity index (χ0n) is 10.4. The summed E-state index contributed by atoms with van der Waals surface area (Å²) < 4.78 is 0.817. The Morgan fingerprint density at radius 1 is 1.37 bits per heavy atom. The van der Waals surface area contributed by atoms with E-state index in [2.05, 4.69) is 21.2 Å². The van der Waals surface area contributed by atoms with Gasteiger partial charge in [0.05, 0.1) is 5.69 Å². The van der Waals surface area contributed by atoms with Crippen LogP contribution in [0.25, 0.3) is 0 Å². The molecule has 19 heavy (non-hydrogen) atoms. The lowest BCUT2D eigenvalue weighted by Crippen LogP contribution is -2.17. The predicted octanol–water partition coefficient (Wildman–Crippen LogP) is 3.07. The van der Waals surface area contributed by atoms with E-state index in [9.17, 15) is 4.79 Å². The molecule has 2 saturated carbocycles. The molecule has 100 valence electrons. The fraction of sp³-hybridized carbons (Fsp3) is 0.429. The van der Waals surface area contributed by atoms with Crippen LogP contribution in [0.2, 0.25) is 0 Å². The fourth-order valence-corrected chi connectivity index (χ4v) is 3.80. The highest BCUT2D eigenvalue weighted by atomic mass is 79.9. The largest absolute Gasteiger partial charge is 0.389 e. The molecule has 3 rings (SSSR count). The minimum absolute atomic E-state index is 0.151. The van der Waals surface area contributed by atoms with Gasteiger partial charge in [-0.05, 0) is 58.8 Å². The first-order chi connectivity index (χ1) is 9.08. The zero-order valence-corrected chi connectivity index (χ0v) is 12.8. The number of halogens is 1. The number of anilines is 1. The number of nitrogens with two attached hydrogens (primary N) is 1. The molecule has 5 heteroatoms. The molecule has 2 unspecified atom stereocenters. The lowest BCUT2D eigenvalue weighted by atomic mass is 10.1. The Kier molecular flexibility index (Phi) is 3.35. The highest BCUT2D eigenvalue weighted by Crippen LogP contribution is 2.57. The van der Waals surface area contributed by atoms with Crippen molar-refractivity contribution in [3.05, 3.63) is 28.2 Å². The summed E-state index contributed by atoms with van der Waals surface area (Å²) in [6.45, 7) is 0. The fourth-order valence-electron chi connectivity index (χ4n) is 3.20. The van der Waals surface area contributed by atoms with Crippen LogP contribution in [0.3, 0.4) is 0 Å². The van der Waals surface area contributed by atoms with Gasteiger partial charge in [-0.1, -0.05) is 18.6 Å². The molecule has 0 spiro atoms. The number of amides is 1. The van der Waals surface area contributed by atoms with Crippen LogP contribution in [-0.2, 0) is 4.79 Å². The second-order valence-corrected chi connectivity index (χ2v) is 6.63. The normalized spacial score (nSPS) is 27.7. The van der Waals surface area contributed by atoms with Crippen molar-refractivity contribution in [3.63, 3.8) is 0 Å². The molecule has 0 aromatic heterocycles. The second-order valence-electron chi connectivity index (χ2n) is 5.33. The van der Waals surface area contributed by atoms with Gasteiger partial charge in [-0.15, -0.1) is 0 Å². The van der Waals surface area contributed by atoms with Gasteiger partial charge in [0, 0.05) is 16.0 Å². The van der Waals surface area contributed by atoms with Gasteiger partial charge < -0.3 is 11.1 Å². The zero-order chi connectivity index (χ0) is 13.6. The molecule has 3 nitrogen and oxygen atoms in total. The maximum atomic E-state index is 12.2. The summed E-state index contributed by atoms with van der Waals surface area (Å²) >= 11 is 8.37. The van der Waals surface area contributed by atoms with Crippen molar-refractivity contribution in [1.82, 2.24) is 0 Å². The topological polar surface area (TPSA) is 55.1 Å². The van der Waals surface area contributed by atoms with E-state index in [0.29, 0.717) is 16.8 Å². The molecule has 0 heterocycles. The molecule has 3 N–H and O–H groups in total. The van der Waals surface area contributed by atoms with Gasteiger partial charge in [0.2, 0.25) is 5.91 Å². The van der Waals surface area contributed by atoms with Gasteiger partial charge in [-0.2, -0.15) is 0 Å². The summed E-state index contributed by atoms with van der Waals surface area (Å²) in [5, 5.41) is 3.00. The summed E-state index contributed by atoms with van der Waals surface area (Å²) in [6, 6.07) is 5.51. The Hall–Kier alpha value is -0.940. The average Bonchev–Trinajstić information content (AvgIpc) is 2.85. The van der Waals surface area contributed by atoms with Crippen molar-refractivity contribution in [3.8, 4) is 0 Å². The molecule has 2 fully saturated rings. The molecular formula is C14H15BrN2OS. The third-order valence-corrected chi connectivity index (χ3v) is 5.11. The van der Waals surface area contributed by atoms with Crippen LogP contribution in [0.15, 0.2) is 22.7 Å². The van der Waals surface area contributed by atoms with Crippen LogP contribution in [0.5, 0.6) is 0 Å². The van der Waals surface area contributed by atoms with E-state index in [1.165, 1.54) is 19.3 Å². The number of fused-ring (bicyclic) bond motifs is 1. The molecule has 2 aliphatic carbocycles. The van der Waals surface area contributed by atoms with E-state index in [-0.39, 0.29) is 11.8 Å². The Labute approximate surface area is 126 Å². The first kappa shape index (κ1) is 13.1. The first-order valence-electron chi connectivity index (χ1n) is 6.48. The van der Waals surface area contributed by atoms with Crippen LogP contribution in [0, 0.1) is 17.8 Å². The number of thiocarbonyl (C=S) groups is 1. The summed E-state index contributed by atoms with van der Waals surface area (Å²) in [6.07, 6.45) is 3.71. The highest BCUT2D eigenvalue weighted by molar-refractivity contribution is 9.10. The molecule has 2 aliphatic rings. The molecule has 1 amide bonds. The molecular weight excluding hydrogens is 324 g/mol. The van der Waals surface area contributed by atoms with Gasteiger partial charge in [0.25, 0.3) is 0 Å². The molecule has 0 saturated heterocycles. The molecule has 0 aliphatic heterocycles.